The van der Waals surface area contributed by atoms with E-state index in [0.717, 1.165) is 18.9 Å². The van der Waals surface area contributed by atoms with Crippen molar-refractivity contribution < 1.29 is 14.3 Å². The van der Waals surface area contributed by atoms with Crippen LogP contribution in [0.15, 0.2) is 42.7 Å². The zero-order chi connectivity index (χ0) is 17.9. The largest absolute Gasteiger partial charge is 0.481 e. The minimum absolute atomic E-state index is 0.0376. The fraction of sp³-hybridized carbons (Fsp3) is 0.421. The molecule has 0 radical (unpaired) electrons. The van der Waals surface area contributed by atoms with Crippen molar-refractivity contribution in [3.8, 4) is 5.88 Å². The summed E-state index contributed by atoms with van der Waals surface area (Å²) in [6, 6.07) is 11.1. The van der Waals surface area contributed by atoms with E-state index >= 15 is 0 Å². The third-order valence-corrected chi connectivity index (χ3v) is 5.16. The Bertz CT molecular complexity index is 770. The molecule has 2 fully saturated rings. The maximum atomic E-state index is 12.3. The Hall–Kier alpha value is -2.67. The summed E-state index contributed by atoms with van der Waals surface area (Å²) in [4.78, 5) is 22.9. The lowest BCUT2D eigenvalue weighted by atomic mass is 9.93. The van der Waals surface area contributed by atoms with Crippen LogP contribution in [0, 0.1) is 11.8 Å². The Labute approximate surface area is 152 Å². The fourth-order valence-corrected chi connectivity index (χ4v) is 3.73. The Morgan fingerprint density at radius 3 is 2.96 bits per heavy atom. The number of carbonyl (C=O) groups excluding carboxylic acids is 1. The number of aromatic nitrogens is 2. The first kappa shape index (κ1) is 16.8. The number of rotatable bonds is 5. The second kappa shape index (κ2) is 7.29. The molecule has 1 N–H and O–H groups in total. The lowest BCUT2D eigenvalue weighted by Gasteiger charge is -2.21. The van der Waals surface area contributed by atoms with Crippen LogP contribution in [0.2, 0.25) is 0 Å². The van der Waals surface area contributed by atoms with Crippen molar-refractivity contribution in [3.05, 3.63) is 48.3 Å². The summed E-state index contributed by atoms with van der Waals surface area (Å²) in [5, 5.41) is 3.04. The fourth-order valence-electron chi connectivity index (χ4n) is 3.73. The third kappa shape index (κ3) is 3.35. The first-order valence-electron chi connectivity index (χ1n) is 8.80. The van der Waals surface area contributed by atoms with Crippen LogP contribution in [-0.4, -0.2) is 55.3 Å². The Balaban J connectivity index is 1.36. The standard InChI is InChI=1S/C19H22N4O3/c1-25-18-7-17(21-12-22-18)23-9-15-14(11-26-16(15)10-23)8-20-19(24)13-5-3-2-4-6-13/h2-7,12,14-16H,8-11H2,1H3,(H,20,24)/t14-,15-,16-/m1/s1. The lowest BCUT2D eigenvalue weighted by Crippen LogP contribution is -2.34. The highest BCUT2D eigenvalue weighted by molar-refractivity contribution is 5.94. The van der Waals surface area contributed by atoms with E-state index in [2.05, 4.69) is 20.2 Å². The number of fused-ring (bicyclic) bond motifs is 1. The van der Waals surface area contributed by atoms with Gasteiger partial charge in [-0.25, -0.2) is 9.97 Å². The zero-order valence-electron chi connectivity index (χ0n) is 14.7. The molecule has 0 unspecified atom stereocenters. The first-order chi connectivity index (χ1) is 12.7. The molecule has 2 aliphatic heterocycles. The summed E-state index contributed by atoms with van der Waals surface area (Å²) in [6.07, 6.45) is 1.69. The van der Waals surface area contributed by atoms with Crippen molar-refractivity contribution in [2.75, 3.05) is 38.3 Å². The van der Waals surface area contributed by atoms with Crippen LogP contribution in [0.1, 0.15) is 10.4 Å². The monoisotopic (exact) mass is 354 g/mol. The topological polar surface area (TPSA) is 76.6 Å². The minimum Gasteiger partial charge on any atom is -0.481 e. The molecule has 1 amide bonds. The average Bonchev–Trinajstić information content (AvgIpc) is 3.28. The second-order valence-corrected chi connectivity index (χ2v) is 6.70. The number of anilines is 1. The van der Waals surface area contributed by atoms with Crippen molar-refractivity contribution in [1.29, 1.82) is 0 Å². The van der Waals surface area contributed by atoms with Crippen LogP contribution in [0.3, 0.4) is 0 Å². The molecule has 26 heavy (non-hydrogen) atoms. The Morgan fingerprint density at radius 2 is 2.15 bits per heavy atom. The van der Waals surface area contributed by atoms with E-state index in [4.69, 9.17) is 9.47 Å². The first-order valence-corrected chi connectivity index (χ1v) is 8.80. The number of amides is 1. The third-order valence-electron chi connectivity index (χ3n) is 5.16. The molecule has 2 aromatic rings. The molecular formula is C19H22N4O3. The van der Waals surface area contributed by atoms with Crippen LogP contribution in [0.5, 0.6) is 5.88 Å². The van der Waals surface area contributed by atoms with Gasteiger partial charge in [-0.05, 0) is 12.1 Å². The smallest absolute Gasteiger partial charge is 0.251 e. The van der Waals surface area contributed by atoms with Crippen molar-refractivity contribution in [1.82, 2.24) is 15.3 Å². The number of methoxy groups -OCH3 is 1. The number of carbonyl (C=O) groups is 1. The maximum absolute atomic E-state index is 12.3. The normalized spacial score (nSPS) is 24.3. The van der Waals surface area contributed by atoms with Crippen molar-refractivity contribution in [2.24, 2.45) is 11.8 Å². The van der Waals surface area contributed by atoms with Gasteiger partial charge in [0.1, 0.15) is 12.1 Å². The molecule has 0 aliphatic carbocycles. The number of nitrogens with one attached hydrogen (secondary N) is 1. The van der Waals surface area contributed by atoms with Gasteiger partial charge in [-0.15, -0.1) is 0 Å². The summed E-state index contributed by atoms with van der Waals surface area (Å²) in [7, 11) is 1.60. The van der Waals surface area contributed by atoms with Crippen LogP contribution >= 0.6 is 0 Å². The zero-order valence-corrected chi connectivity index (χ0v) is 14.7. The number of nitrogens with zero attached hydrogens (tertiary/aromatic N) is 3. The van der Waals surface area contributed by atoms with Crippen molar-refractivity contribution in [3.63, 3.8) is 0 Å². The number of ether oxygens (including phenoxy) is 2. The summed E-state index contributed by atoms with van der Waals surface area (Å²) in [5.41, 5.74) is 0.684. The predicted octanol–water partition coefficient (Wildman–Crippen LogP) is 1.37. The Morgan fingerprint density at radius 1 is 1.31 bits per heavy atom. The van der Waals surface area contributed by atoms with Crippen molar-refractivity contribution in [2.45, 2.75) is 6.10 Å². The molecule has 0 saturated carbocycles. The molecule has 3 atom stereocenters. The molecular weight excluding hydrogens is 332 g/mol. The van der Waals surface area contributed by atoms with E-state index in [1.54, 1.807) is 7.11 Å². The molecule has 2 saturated heterocycles. The molecule has 4 rings (SSSR count). The van der Waals surface area contributed by atoms with Gasteiger partial charge in [0.2, 0.25) is 5.88 Å². The average molecular weight is 354 g/mol. The summed E-state index contributed by atoms with van der Waals surface area (Å²) >= 11 is 0. The van der Waals surface area contributed by atoms with E-state index in [9.17, 15) is 4.79 Å². The van der Waals surface area contributed by atoms with Gasteiger partial charge in [0.05, 0.1) is 19.8 Å². The number of hydrogen-bond donors (Lipinski definition) is 1. The Kier molecular flexibility index (Phi) is 4.71. The highest BCUT2D eigenvalue weighted by Gasteiger charge is 2.44. The molecule has 1 aromatic heterocycles. The van der Waals surface area contributed by atoms with Gasteiger partial charge >= 0.3 is 0 Å². The molecule has 7 heteroatoms. The van der Waals surface area contributed by atoms with E-state index < -0.39 is 0 Å². The molecule has 1 aromatic carbocycles. The minimum atomic E-state index is -0.0376. The summed E-state index contributed by atoms with van der Waals surface area (Å²) in [5.74, 6) is 2.06. The highest BCUT2D eigenvalue weighted by atomic mass is 16.5. The summed E-state index contributed by atoms with van der Waals surface area (Å²) < 4.78 is 11.1. The van der Waals surface area contributed by atoms with E-state index in [0.29, 0.717) is 36.4 Å². The van der Waals surface area contributed by atoms with Crippen molar-refractivity contribution >= 4 is 11.7 Å². The van der Waals surface area contributed by atoms with Gasteiger partial charge in [0.25, 0.3) is 5.91 Å². The highest BCUT2D eigenvalue weighted by Crippen LogP contribution is 2.35. The van der Waals surface area contributed by atoms with Gasteiger partial charge in [-0.2, -0.15) is 0 Å². The van der Waals surface area contributed by atoms with Crippen LogP contribution in [0.4, 0.5) is 5.82 Å². The maximum Gasteiger partial charge on any atom is 0.251 e. The summed E-state index contributed by atoms with van der Waals surface area (Å²) in [6.45, 7) is 2.96. The predicted molar refractivity (Wildman–Crippen MR) is 96.3 cm³/mol. The quantitative estimate of drug-likeness (QED) is 0.874. The second-order valence-electron chi connectivity index (χ2n) is 6.70. The van der Waals surface area contributed by atoms with E-state index in [1.165, 1.54) is 6.33 Å². The molecule has 7 nitrogen and oxygen atoms in total. The molecule has 0 spiro atoms. The lowest BCUT2D eigenvalue weighted by molar-refractivity contribution is 0.0940. The van der Waals surface area contributed by atoms with Gasteiger partial charge in [0.15, 0.2) is 0 Å². The van der Waals surface area contributed by atoms with Gasteiger partial charge in [0, 0.05) is 43.1 Å². The van der Waals surface area contributed by atoms with Gasteiger partial charge in [-0.1, -0.05) is 18.2 Å². The van der Waals surface area contributed by atoms with E-state index in [-0.39, 0.29) is 12.0 Å². The SMILES string of the molecule is COc1cc(N2C[C@@H]3[C@H](CNC(=O)c4ccccc4)CO[C@@H]3C2)ncn1. The molecule has 2 aliphatic rings. The number of hydrogen-bond acceptors (Lipinski definition) is 6. The van der Waals surface area contributed by atoms with Crippen LogP contribution in [-0.2, 0) is 4.74 Å². The van der Waals surface area contributed by atoms with Crippen LogP contribution in [0.25, 0.3) is 0 Å². The van der Waals surface area contributed by atoms with E-state index in [1.807, 2.05) is 36.4 Å². The molecule has 0 bridgehead atoms. The van der Waals surface area contributed by atoms with Gasteiger partial charge in [-0.3, -0.25) is 4.79 Å². The molecule has 136 valence electrons. The molecule has 3 heterocycles. The van der Waals surface area contributed by atoms with Gasteiger partial charge < -0.3 is 19.7 Å². The van der Waals surface area contributed by atoms with Crippen LogP contribution < -0.4 is 15.0 Å². The number of benzene rings is 1.